The Balaban J connectivity index is 1.40. The average molecular weight is 487 g/mol. The van der Waals surface area contributed by atoms with Gasteiger partial charge in [-0.2, -0.15) is 0 Å². The summed E-state index contributed by atoms with van der Waals surface area (Å²) in [5.74, 6) is 3.01. The number of ether oxygens (including phenoxy) is 1. The first kappa shape index (κ1) is 24.7. The fourth-order valence-corrected chi connectivity index (χ4v) is 12.1. The van der Waals surface area contributed by atoms with Crippen LogP contribution in [0, 0.1) is 56.7 Å². The van der Waals surface area contributed by atoms with Gasteiger partial charge in [0.1, 0.15) is 0 Å². The Bertz CT molecular complexity index is 912. The van der Waals surface area contributed by atoms with Crippen molar-refractivity contribution < 1.29 is 20.1 Å². The van der Waals surface area contributed by atoms with Crippen molar-refractivity contribution >= 4 is 0 Å². The van der Waals surface area contributed by atoms with Crippen LogP contribution in [-0.2, 0) is 4.74 Å². The Labute approximate surface area is 212 Å². The summed E-state index contributed by atoms with van der Waals surface area (Å²) in [5, 5.41) is 32.5. The lowest BCUT2D eigenvalue weighted by Gasteiger charge is -2.73. The van der Waals surface area contributed by atoms with E-state index in [0.717, 1.165) is 45.1 Å². The number of rotatable bonds is 3. The Morgan fingerprint density at radius 1 is 0.829 bits per heavy atom. The van der Waals surface area contributed by atoms with Crippen LogP contribution in [0.15, 0.2) is 12.3 Å². The lowest BCUT2D eigenvalue weighted by molar-refractivity contribution is -0.254. The number of fused-ring (bicyclic) bond motifs is 7. The third-order valence-electron chi connectivity index (χ3n) is 14.5. The van der Waals surface area contributed by atoms with Gasteiger partial charge in [-0.05, 0) is 117 Å². The lowest BCUT2D eigenvalue weighted by atomic mass is 9.32. The Morgan fingerprint density at radius 3 is 2.17 bits per heavy atom. The first-order valence-corrected chi connectivity index (χ1v) is 14.6. The van der Waals surface area contributed by atoms with Gasteiger partial charge < -0.3 is 20.1 Å². The fraction of sp³-hybridized carbons (Fsp3) is 0.935. The molecular formula is C31H50O4. The van der Waals surface area contributed by atoms with Gasteiger partial charge >= 0.3 is 0 Å². The predicted octanol–water partition coefficient (Wildman–Crippen LogP) is 6.26. The summed E-state index contributed by atoms with van der Waals surface area (Å²) < 4.78 is 6.07. The van der Waals surface area contributed by atoms with Gasteiger partial charge in [0.25, 0.3) is 0 Å². The first-order valence-electron chi connectivity index (χ1n) is 14.6. The van der Waals surface area contributed by atoms with Crippen LogP contribution in [0.25, 0.3) is 0 Å². The number of hydrogen-bond donors (Lipinski definition) is 3. The van der Waals surface area contributed by atoms with E-state index in [-0.39, 0.29) is 33.9 Å². The largest absolute Gasteiger partial charge is 0.512 e. The first-order chi connectivity index (χ1) is 16.3. The van der Waals surface area contributed by atoms with E-state index >= 15 is 0 Å². The van der Waals surface area contributed by atoms with Crippen LogP contribution in [0.1, 0.15) is 98.8 Å². The van der Waals surface area contributed by atoms with Gasteiger partial charge in [0.05, 0.1) is 30.7 Å². The molecule has 0 aromatic rings. The summed E-state index contributed by atoms with van der Waals surface area (Å²) in [7, 11) is 0. The minimum atomic E-state index is -0.397. The van der Waals surface area contributed by atoms with E-state index in [1.807, 2.05) is 0 Å². The topological polar surface area (TPSA) is 73.2 Å². The number of aliphatic hydroxyl groups excluding tert-OH is 3. The van der Waals surface area contributed by atoms with E-state index in [1.54, 1.807) is 0 Å². The molecule has 0 amide bonds. The molecule has 1 saturated heterocycles. The van der Waals surface area contributed by atoms with Gasteiger partial charge in [-0.3, -0.25) is 0 Å². The molecule has 6 rings (SSSR count). The van der Waals surface area contributed by atoms with Crippen molar-refractivity contribution in [3.8, 4) is 0 Å². The minimum Gasteiger partial charge on any atom is -0.512 e. The maximum Gasteiger partial charge on any atom is 0.0919 e. The molecular weight excluding hydrogens is 436 g/mol. The number of aliphatic hydroxyl groups is 3. The molecule has 4 unspecified atom stereocenters. The van der Waals surface area contributed by atoms with Gasteiger partial charge in [-0.1, -0.05) is 34.3 Å². The molecule has 6 aliphatic rings. The van der Waals surface area contributed by atoms with Crippen molar-refractivity contribution in [3.63, 3.8) is 0 Å². The van der Waals surface area contributed by atoms with Gasteiger partial charge in [-0.25, -0.2) is 0 Å². The molecule has 0 radical (unpaired) electrons. The van der Waals surface area contributed by atoms with E-state index in [2.05, 4.69) is 41.2 Å². The van der Waals surface area contributed by atoms with Gasteiger partial charge in [-0.15, -0.1) is 0 Å². The maximum atomic E-state index is 11.0. The molecule has 35 heavy (non-hydrogen) atoms. The summed E-state index contributed by atoms with van der Waals surface area (Å²) >= 11 is 0. The molecule has 0 aromatic heterocycles. The Morgan fingerprint density at radius 2 is 1.54 bits per heavy atom. The van der Waals surface area contributed by atoms with Crippen LogP contribution >= 0.6 is 0 Å². The van der Waals surface area contributed by atoms with E-state index in [9.17, 15) is 15.3 Å². The number of allylic oxidation sites excluding steroid dienone is 1. The van der Waals surface area contributed by atoms with E-state index in [1.165, 1.54) is 25.7 Å². The SMILES string of the molecule is C=C(O)[C@]12CC[C@@H](C3(C)CO3)C1C1CCC3[C@@]4(C)CC[C@H](O)[C@@](C)(CO)[C@@H]4CC[C@@]3(C)[C@]1(C)CC2. The average Bonchev–Trinajstić information content (AvgIpc) is 3.42. The summed E-state index contributed by atoms with van der Waals surface area (Å²) in [5.41, 5.74) is 0.0983. The smallest absolute Gasteiger partial charge is 0.0919 e. The third-order valence-corrected chi connectivity index (χ3v) is 14.5. The quantitative estimate of drug-likeness (QED) is 0.325. The summed E-state index contributed by atoms with van der Waals surface area (Å²) in [6.07, 6.45) is 10.7. The number of hydrogen-bond acceptors (Lipinski definition) is 4. The van der Waals surface area contributed by atoms with Crippen LogP contribution in [0.3, 0.4) is 0 Å². The molecule has 0 bridgehead atoms. The van der Waals surface area contributed by atoms with E-state index in [0.29, 0.717) is 35.3 Å². The molecule has 4 nitrogen and oxygen atoms in total. The van der Waals surface area contributed by atoms with Crippen molar-refractivity contribution in [1.29, 1.82) is 0 Å². The zero-order chi connectivity index (χ0) is 25.2. The summed E-state index contributed by atoms with van der Waals surface area (Å²) in [6, 6.07) is 0. The second-order valence-electron chi connectivity index (χ2n) is 15.3. The van der Waals surface area contributed by atoms with Crippen molar-refractivity contribution in [2.75, 3.05) is 13.2 Å². The van der Waals surface area contributed by atoms with Crippen molar-refractivity contribution in [2.24, 2.45) is 56.7 Å². The summed E-state index contributed by atoms with van der Waals surface area (Å²) in [4.78, 5) is 0. The highest BCUT2D eigenvalue weighted by Gasteiger charge is 2.73. The van der Waals surface area contributed by atoms with Crippen LogP contribution in [0.2, 0.25) is 0 Å². The van der Waals surface area contributed by atoms with Crippen molar-refractivity contribution in [2.45, 2.75) is 111 Å². The molecule has 6 fully saturated rings. The molecule has 3 N–H and O–H groups in total. The van der Waals surface area contributed by atoms with Crippen molar-refractivity contribution in [3.05, 3.63) is 12.3 Å². The molecule has 5 aliphatic carbocycles. The van der Waals surface area contributed by atoms with Crippen molar-refractivity contribution in [1.82, 2.24) is 0 Å². The summed E-state index contributed by atoms with van der Waals surface area (Å²) in [6.45, 7) is 17.3. The fourth-order valence-electron chi connectivity index (χ4n) is 12.1. The molecule has 5 saturated carbocycles. The lowest BCUT2D eigenvalue weighted by Crippen LogP contribution is -2.67. The number of epoxide rings is 1. The highest BCUT2D eigenvalue weighted by atomic mass is 16.6. The van der Waals surface area contributed by atoms with Crippen LogP contribution in [0.4, 0.5) is 0 Å². The predicted molar refractivity (Wildman–Crippen MR) is 138 cm³/mol. The minimum absolute atomic E-state index is 0.00996. The second-order valence-corrected chi connectivity index (χ2v) is 15.3. The maximum absolute atomic E-state index is 11.0. The standard InChI is InChI=1S/C31H50O4/c1-19(33)31-14-9-21(30(6)18-35-30)25(31)20-7-8-23-26(2)12-11-24(34)27(3,17-32)22(26)10-13-29(23,5)28(20,4)15-16-31/h20-25,32-34H,1,7-18H2,2-6H3/t20?,21-,22-,23?,24+,25?,26+,27+,28-,29-,30?,31-/m1/s1. The molecule has 12 atom stereocenters. The zero-order valence-electron chi connectivity index (χ0n) is 22.9. The zero-order valence-corrected chi connectivity index (χ0v) is 22.9. The van der Waals surface area contributed by atoms with Crippen LogP contribution in [0.5, 0.6) is 0 Å². The van der Waals surface area contributed by atoms with Gasteiger partial charge in [0, 0.05) is 10.8 Å². The highest BCUT2D eigenvalue weighted by molar-refractivity contribution is 5.24. The van der Waals surface area contributed by atoms with Gasteiger partial charge in [0.2, 0.25) is 0 Å². The Kier molecular flexibility index (Phi) is 5.15. The molecule has 0 spiro atoms. The van der Waals surface area contributed by atoms with E-state index in [4.69, 9.17) is 4.74 Å². The normalized spacial score (nSPS) is 61.2. The van der Waals surface area contributed by atoms with Crippen LogP contribution < -0.4 is 0 Å². The molecule has 1 heterocycles. The highest BCUT2D eigenvalue weighted by Crippen LogP contribution is 2.78. The molecule has 0 aromatic carbocycles. The van der Waals surface area contributed by atoms with E-state index < -0.39 is 11.5 Å². The third kappa shape index (κ3) is 2.81. The van der Waals surface area contributed by atoms with Crippen LogP contribution in [-0.4, -0.2) is 40.2 Å². The molecule has 1 aliphatic heterocycles. The monoisotopic (exact) mass is 486 g/mol. The Hall–Kier alpha value is -0.580. The second kappa shape index (κ2) is 7.29. The molecule has 198 valence electrons. The van der Waals surface area contributed by atoms with Gasteiger partial charge in [0.15, 0.2) is 0 Å². The molecule has 4 heteroatoms.